The number of aromatic amines is 1. The molecule has 0 radical (unpaired) electrons. The zero-order chi connectivity index (χ0) is 98.9. The number of carbonyl (C=O) groups excluding carboxylic acids is 17. The number of nitrogens with zero attached hydrogens (tertiary/aromatic N) is 1. The zero-order valence-electron chi connectivity index (χ0n) is 79.8. The Morgan fingerprint density at radius 2 is 0.708 bits per heavy atom. The molecular weight excluding hydrogens is 1700 g/mol. The van der Waals surface area contributed by atoms with Gasteiger partial charge >= 0.3 is 5.97 Å². The molecule has 0 bridgehead atoms. The molecule has 0 fully saturated rings. The summed E-state index contributed by atoms with van der Waals surface area (Å²) in [5, 5.41) is 52.4. The number of rotatable bonds is 66. The lowest BCUT2D eigenvalue weighted by atomic mass is 9.96. The molecule has 19 atom stereocenters. The Kier molecular flexibility index (Phi) is 56.4. The quantitative estimate of drug-likeness (QED) is 0.0327. The van der Waals surface area contributed by atoms with Gasteiger partial charge in [0, 0.05) is 18.3 Å². The minimum absolute atomic E-state index is 0.00770. The van der Waals surface area contributed by atoms with Crippen LogP contribution >= 0.6 is 11.8 Å². The summed E-state index contributed by atoms with van der Waals surface area (Å²) in [4.78, 5) is 258. The summed E-state index contributed by atoms with van der Waals surface area (Å²) >= 11 is 1.32. The van der Waals surface area contributed by atoms with Crippen LogP contribution in [0.15, 0.2) is 12.5 Å². The van der Waals surface area contributed by atoms with Gasteiger partial charge < -0.3 is 124 Å². The second-order valence-corrected chi connectivity index (χ2v) is 36.7. The van der Waals surface area contributed by atoms with Gasteiger partial charge in [-0.1, -0.05) is 130 Å². The van der Waals surface area contributed by atoms with Crippen LogP contribution in [-0.4, -0.2) is 256 Å². The number of hydrogen-bond acceptors (Lipinski definition) is 24. The van der Waals surface area contributed by atoms with Gasteiger partial charge in [-0.3, -0.25) is 86.3 Å². The number of amides is 17. The van der Waals surface area contributed by atoms with Crippen molar-refractivity contribution in [1.29, 1.82) is 0 Å². The van der Waals surface area contributed by atoms with Crippen LogP contribution in [0.5, 0.6) is 0 Å². The highest BCUT2D eigenvalue weighted by Gasteiger charge is 2.41. The van der Waals surface area contributed by atoms with Gasteiger partial charge in [-0.25, -0.2) is 4.98 Å². The van der Waals surface area contributed by atoms with Gasteiger partial charge in [-0.2, -0.15) is 11.8 Å². The van der Waals surface area contributed by atoms with Crippen LogP contribution in [0, 0.1) is 47.3 Å². The molecule has 28 N–H and O–H groups in total. The van der Waals surface area contributed by atoms with Crippen LogP contribution in [-0.2, 0) is 92.7 Å². The summed E-state index contributed by atoms with van der Waals surface area (Å²) in [6, 6.07) is -20.9. The summed E-state index contributed by atoms with van der Waals surface area (Å²) in [7, 11) is 0. The predicted molar refractivity (Wildman–Crippen MR) is 493 cm³/mol. The van der Waals surface area contributed by atoms with Crippen molar-refractivity contribution < 1.29 is 91.4 Å². The third-order valence-electron chi connectivity index (χ3n) is 22.2. The van der Waals surface area contributed by atoms with Gasteiger partial charge in [0.1, 0.15) is 90.6 Å². The van der Waals surface area contributed by atoms with E-state index in [0.29, 0.717) is 63.6 Å². The summed E-state index contributed by atoms with van der Waals surface area (Å²) in [6.45, 7) is 30.5. The smallest absolute Gasteiger partial charge is 0.305 e. The largest absolute Gasteiger partial charge is 0.481 e. The van der Waals surface area contributed by atoms with E-state index in [2.05, 4.69) is 95.0 Å². The van der Waals surface area contributed by atoms with Crippen molar-refractivity contribution in [2.24, 2.45) is 76.0 Å². The number of thioether (sulfide) groups is 1. The molecular formula is C87H157N23O19S. The Morgan fingerprint density at radius 3 is 1.09 bits per heavy atom. The Morgan fingerprint density at radius 1 is 0.377 bits per heavy atom. The van der Waals surface area contributed by atoms with E-state index in [9.17, 15) is 91.4 Å². The Balaban J connectivity index is 3.48. The lowest BCUT2D eigenvalue weighted by Crippen LogP contribution is -2.62. The van der Waals surface area contributed by atoms with Crippen molar-refractivity contribution in [2.45, 2.75) is 337 Å². The SMILES string of the molecule is CCC(C)C(N)C(=O)NC(CCCCN)C(=O)NC(C(=O)NC(CCSC)C(=O)NC(CC(=O)O)C(=O)NC(C(=O)NC(CC(C)C)C(=O)NC(C)C(=O)NC(CCCCN)C(=O)NC(CC(C)C)C(=O)NCC(=O)NC(CCCCN)C(=O)NC(C(=O)NC(CC(C)C)C(=O)NC(C)C(=O)NC(Cc1cnc[nH]1)C(=O)NC(C(N)=O)C(C)C)C(C)C)C(C)CC)C(C)CC. The fraction of sp³-hybridized carbons (Fsp3) is 0.759. The minimum atomic E-state index is -1.85. The highest BCUT2D eigenvalue weighted by Crippen LogP contribution is 2.19. The molecule has 42 nitrogen and oxygen atoms in total. The number of primary amides is 1. The molecule has 130 heavy (non-hydrogen) atoms. The Bertz CT molecular complexity index is 3780. The molecule has 0 aliphatic heterocycles. The maximum Gasteiger partial charge on any atom is 0.305 e. The van der Waals surface area contributed by atoms with Gasteiger partial charge in [0.05, 0.1) is 25.3 Å². The summed E-state index contributed by atoms with van der Waals surface area (Å²) in [5.74, 6) is -18.3. The van der Waals surface area contributed by atoms with Gasteiger partial charge in [0.2, 0.25) is 100 Å². The molecule has 17 amide bonds. The highest BCUT2D eigenvalue weighted by atomic mass is 32.2. The molecule has 0 aliphatic carbocycles. The number of hydrogen-bond donors (Lipinski definition) is 23. The topological polar surface area (TPSA) is 679 Å². The highest BCUT2D eigenvalue weighted by molar-refractivity contribution is 7.98. The number of carbonyl (C=O) groups is 18. The summed E-state index contributed by atoms with van der Waals surface area (Å²) in [5.41, 5.74) is 29.6. The summed E-state index contributed by atoms with van der Waals surface area (Å²) < 4.78 is 0. The maximum absolute atomic E-state index is 14.6. The van der Waals surface area contributed by atoms with Crippen LogP contribution < -0.4 is 114 Å². The molecule has 1 rings (SSSR count). The first-order chi connectivity index (χ1) is 61.1. The van der Waals surface area contributed by atoms with E-state index in [0.717, 1.165) is 0 Å². The molecule has 0 saturated heterocycles. The molecule has 0 spiro atoms. The molecule has 0 saturated carbocycles. The molecule has 0 aliphatic rings. The van der Waals surface area contributed by atoms with Crippen molar-refractivity contribution in [3.05, 3.63) is 18.2 Å². The lowest BCUT2D eigenvalue weighted by molar-refractivity contribution is -0.142. The number of aliphatic carboxylic acids is 1. The Hall–Kier alpha value is -10.1. The summed E-state index contributed by atoms with van der Waals surface area (Å²) in [6.07, 6.45) is 7.36. The first-order valence-corrected chi connectivity index (χ1v) is 47.1. The van der Waals surface area contributed by atoms with Crippen molar-refractivity contribution >= 4 is 118 Å². The monoisotopic (exact) mass is 1860 g/mol. The van der Waals surface area contributed by atoms with Crippen molar-refractivity contribution in [3.63, 3.8) is 0 Å². The van der Waals surface area contributed by atoms with Crippen LogP contribution in [0.1, 0.15) is 239 Å². The predicted octanol–water partition coefficient (Wildman–Crippen LogP) is -1.60. The molecule has 43 heteroatoms. The number of carboxylic acid groups (broad SMARTS) is 1. The fourth-order valence-electron chi connectivity index (χ4n) is 13.6. The molecule has 740 valence electrons. The van der Waals surface area contributed by atoms with E-state index in [-0.39, 0.29) is 100 Å². The van der Waals surface area contributed by atoms with Crippen LogP contribution in [0.4, 0.5) is 0 Å². The standard InChI is InChI=1S/C87H157N23O19S/c1-20-50(14)67(91)84(126)100-58(31-25-28-35-90)79(121)109-70(51(15)21-2)86(128)101-59(32-36-130-19)77(119)104-64(41-66(112)113)83(125)110-71(52(16)22-3)87(129)106-62(39-47(8)9)81(123)96-53(17)73(115)99-57(30-24-27-34-89)76(118)103-60(37-45(4)5)75(117)94-43-65(111)98-56(29-23-26-33-88)78(120)108-69(49(12)13)85(127)105-61(38-46(6)7)80(122)97-54(18)74(116)102-63(40-55-42-93-44-95-55)82(124)107-68(48(10)11)72(92)114/h42,44-54,56-64,67-71H,20-41,43,88-91H2,1-19H3,(H2,92,114)(H,93,95)(H,94,117)(H,96,123)(H,97,122)(H,98,111)(H,99,115)(H,100,126)(H,101,128)(H,102,116)(H,103,118)(H,104,119)(H,105,127)(H,106,129)(H,107,124)(H,108,120)(H,109,121)(H,110,125)(H,112,113). The van der Waals surface area contributed by atoms with Crippen LogP contribution in [0.3, 0.4) is 0 Å². The van der Waals surface area contributed by atoms with Crippen molar-refractivity contribution in [2.75, 3.05) is 38.2 Å². The van der Waals surface area contributed by atoms with E-state index in [1.54, 1.807) is 110 Å². The molecule has 0 aromatic carbocycles. The number of nitrogens with two attached hydrogens (primary N) is 5. The lowest BCUT2D eigenvalue weighted by Gasteiger charge is -2.30. The number of unbranched alkanes of at least 4 members (excludes halogenated alkanes) is 3. The molecule has 19 unspecified atom stereocenters. The molecule has 1 heterocycles. The van der Waals surface area contributed by atoms with Crippen molar-refractivity contribution in [1.82, 2.24) is 95.0 Å². The van der Waals surface area contributed by atoms with Crippen molar-refractivity contribution in [3.8, 4) is 0 Å². The first kappa shape index (κ1) is 118. The number of nitrogens with one attached hydrogen (secondary N) is 17. The normalized spacial score (nSPS) is 15.8. The second-order valence-electron chi connectivity index (χ2n) is 35.7. The molecule has 1 aromatic rings. The average Bonchev–Trinajstić information content (AvgIpc) is 1.53. The number of carboxylic acids is 1. The Labute approximate surface area is 770 Å². The number of H-pyrrole nitrogens is 1. The van der Waals surface area contributed by atoms with Crippen LogP contribution in [0.25, 0.3) is 0 Å². The molecule has 1 aromatic heterocycles. The van der Waals surface area contributed by atoms with E-state index in [1.807, 2.05) is 6.92 Å². The van der Waals surface area contributed by atoms with E-state index >= 15 is 0 Å². The number of aromatic nitrogens is 2. The van der Waals surface area contributed by atoms with Gasteiger partial charge in [0.25, 0.3) is 0 Å². The first-order valence-electron chi connectivity index (χ1n) is 45.7. The third-order valence-corrected chi connectivity index (χ3v) is 22.9. The fourth-order valence-corrected chi connectivity index (χ4v) is 14.1. The van der Waals surface area contributed by atoms with E-state index in [4.69, 9.17) is 28.7 Å². The van der Waals surface area contributed by atoms with Gasteiger partial charge in [0.15, 0.2) is 0 Å². The third kappa shape index (κ3) is 44.2. The average molecular weight is 1860 g/mol. The van der Waals surface area contributed by atoms with Gasteiger partial charge in [-0.05, 0) is 176 Å². The van der Waals surface area contributed by atoms with Crippen LogP contribution in [0.2, 0.25) is 0 Å². The second kappa shape index (κ2) is 62.3. The van der Waals surface area contributed by atoms with Gasteiger partial charge in [-0.15, -0.1) is 0 Å². The zero-order valence-corrected chi connectivity index (χ0v) is 80.6. The number of imidazole rings is 1. The van der Waals surface area contributed by atoms with E-state index < -0.39 is 240 Å². The van der Waals surface area contributed by atoms with E-state index in [1.165, 1.54) is 38.1 Å². The minimum Gasteiger partial charge on any atom is -0.481 e. The maximum atomic E-state index is 14.6.